The zero-order valence-electron chi connectivity index (χ0n) is 12.4. The summed E-state index contributed by atoms with van der Waals surface area (Å²) in [5, 5.41) is 0. The average Bonchev–Trinajstić information content (AvgIpc) is 2.53. The van der Waals surface area contributed by atoms with Gasteiger partial charge >= 0.3 is 12.4 Å². The smallest absolute Gasteiger partial charge is 0.298 e. The Balaban J connectivity index is 2.95. The van der Waals surface area contributed by atoms with Crippen LogP contribution >= 0.6 is 0 Å². The maximum absolute atomic E-state index is 13.8. The van der Waals surface area contributed by atoms with Crippen LogP contribution in [0.4, 0.5) is 26.3 Å². The van der Waals surface area contributed by atoms with Crippen LogP contribution in [-0.2, 0) is 5.41 Å². The fraction of sp³-hybridized carbons (Fsp3) is 0.176. The molecule has 2 nitrogen and oxygen atoms in total. The molecule has 2 aromatic rings. The number of carbonyl (C=O) groups excluding carboxylic acids is 2. The average molecular weight is 360 g/mol. The van der Waals surface area contributed by atoms with Crippen molar-refractivity contribution in [1.29, 1.82) is 0 Å². The highest BCUT2D eigenvalue weighted by Crippen LogP contribution is 2.56. The number of aldehydes is 2. The summed E-state index contributed by atoms with van der Waals surface area (Å²) in [6.07, 6.45) is -11.2. The third-order valence-corrected chi connectivity index (χ3v) is 3.76. The summed E-state index contributed by atoms with van der Waals surface area (Å²) in [6.45, 7) is 0. The lowest BCUT2D eigenvalue weighted by Gasteiger charge is -2.38. The van der Waals surface area contributed by atoms with E-state index in [4.69, 9.17) is 0 Å². The van der Waals surface area contributed by atoms with Gasteiger partial charge in [0.05, 0.1) is 0 Å². The van der Waals surface area contributed by atoms with Gasteiger partial charge in [0.15, 0.2) is 0 Å². The van der Waals surface area contributed by atoms with Crippen molar-refractivity contribution in [3.63, 3.8) is 0 Å². The summed E-state index contributed by atoms with van der Waals surface area (Å²) in [4.78, 5) is 21.6. The molecule has 2 aromatic carbocycles. The standard InChI is InChI=1S/C17H10F6O2/c18-16(19,20)15(17(21,22)23,13-5-1-3-11(7-13)9-24)14-6-2-4-12(8-14)10-25/h1-10H. The van der Waals surface area contributed by atoms with Gasteiger partial charge in [-0.1, -0.05) is 36.4 Å². The zero-order chi connectivity index (χ0) is 18.9. The fourth-order valence-electron chi connectivity index (χ4n) is 2.67. The van der Waals surface area contributed by atoms with E-state index < -0.39 is 28.9 Å². The highest BCUT2D eigenvalue weighted by atomic mass is 19.4. The van der Waals surface area contributed by atoms with Gasteiger partial charge in [0.2, 0.25) is 5.41 Å². The monoisotopic (exact) mass is 360 g/mol. The summed E-state index contributed by atoms with van der Waals surface area (Å²) in [5.41, 5.74) is -7.35. The van der Waals surface area contributed by atoms with E-state index in [0.29, 0.717) is 24.3 Å². The van der Waals surface area contributed by atoms with E-state index in [1.807, 2.05) is 0 Å². The van der Waals surface area contributed by atoms with Crippen LogP contribution in [0.1, 0.15) is 31.8 Å². The highest BCUT2D eigenvalue weighted by Gasteiger charge is 2.72. The molecule has 0 aliphatic rings. The molecule has 0 saturated carbocycles. The molecule has 132 valence electrons. The molecule has 25 heavy (non-hydrogen) atoms. The molecule has 0 atom stereocenters. The molecule has 0 fully saturated rings. The van der Waals surface area contributed by atoms with Crippen LogP contribution < -0.4 is 0 Å². The first-order valence-corrected chi connectivity index (χ1v) is 6.83. The van der Waals surface area contributed by atoms with Crippen molar-refractivity contribution in [2.45, 2.75) is 17.8 Å². The Morgan fingerprint density at radius 1 is 0.640 bits per heavy atom. The number of hydrogen-bond donors (Lipinski definition) is 0. The summed E-state index contributed by atoms with van der Waals surface area (Å²) >= 11 is 0. The lowest BCUT2D eigenvalue weighted by Crippen LogP contribution is -2.54. The van der Waals surface area contributed by atoms with Crippen molar-refractivity contribution in [1.82, 2.24) is 0 Å². The molecule has 0 bridgehead atoms. The first-order chi connectivity index (χ1) is 11.6. The number of benzene rings is 2. The van der Waals surface area contributed by atoms with Gasteiger partial charge in [-0.15, -0.1) is 0 Å². The largest absolute Gasteiger partial charge is 0.411 e. The normalized spacial score (nSPS) is 12.7. The lowest BCUT2D eigenvalue weighted by atomic mass is 9.72. The number of alkyl halides is 6. The molecule has 0 unspecified atom stereocenters. The van der Waals surface area contributed by atoms with Crippen LogP contribution in [0.3, 0.4) is 0 Å². The SMILES string of the molecule is O=Cc1cccc(C(c2cccc(C=O)c2)(C(F)(F)F)C(F)(F)F)c1. The van der Waals surface area contributed by atoms with Crippen LogP contribution in [0.25, 0.3) is 0 Å². The molecular formula is C17H10F6O2. The van der Waals surface area contributed by atoms with Crippen LogP contribution in [0, 0.1) is 0 Å². The van der Waals surface area contributed by atoms with Crippen molar-refractivity contribution in [3.8, 4) is 0 Å². The van der Waals surface area contributed by atoms with Crippen molar-refractivity contribution in [3.05, 3.63) is 70.8 Å². The molecule has 0 amide bonds. The van der Waals surface area contributed by atoms with Gasteiger partial charge < -0.3 is 0 Å². The van der Waals surface area contributed by atoms with Gasteiger partial charge in [-0.05, 0) is 23.3 Å². The van der Waals surface area contributed by atoms with E-state index in [-0.39, 0.29) is 23.7 Å². The van der Waals surface area contributed by atoms with E-state index >= 15 is 0 Å². The van der Waals surface area contributed by atoms with Gasteiger partial charge in [-0.2, -0.15) is 26.3 Å². The maximum atomic E-state index is 13.8. The predicted octanol–water partition coefficient (Wildman–Crippen LogP) is 4.72. The van der Waals surface area contributed by atoms with Gasteiger partial charge in [0.1, 0.15) is 12.6 Å². The second-order valence-corrected chi connectivity index (χ2v) is 5.23. The summed E-state index contributed by atoms with van der Waals surface area (Å²) in [5.74, 6) is 0. The third-order valence-electron chi connectivity index (χ3n) is 3.76. The van der Waals surface area contributed by atoms with Crippen LogP contribution in [0.2, 0.25) is 0 Å². The van der Waals surface area contributed by atoms with Gasteiger partial charge in [-0.3, -0.25) is 9.59 Å². The molecule has 0 aliphatic heterocycles. The molecule has 0 aromatic heterocycles. The number of halogens is 6. The Kier molecular flexibility index (Phi) is 4.74. The number of carbonyl (C=O) groups is 2. The molecule has 0 radical (unpaired) electrons. The van der Waals surface area contributed by atoms with Crippen molar-refractivity contribution in [2.24, 2.45) is 0 Å². The van der Waals surface area contributed by atoms with E-state index in [2.05, 4.69) is 0 Å². The highest BCUT2D eigenvalue weighted by molar-refractivity contribution is 5.76. The van der Waals surface area contributed by atoms with E-state index in [0.717, 1.165) is 24.3 Å². The molecule has 0 heterocycles. The van der Waals surface area contributed by atoms with Gasteiger partial charge in [0, 0.05) is 11.1 Å². The van der Waals surface area contributed by atoms with E-state index in [1.54, 1.807) is 0 Å². The maximum Gasteiger partial charge on any atom is 0.411 e. The number of rotatable bonds is 4. The minimum atomic E-state index is -5.77. The Hall–Kier alpha value is -2.64. The molecular weight excluding hydrogens is 350 g/mol. The Morgan fingerprint density at radius 3 is 1.28 bits per heavy atom. The van der Waals surface area contributed by atoms with E-state index in [1.165, 1.54) is 0 Å². The molecule has 0 saturated heterocycles. The fourth-order valence-corrected chi connectivity index (χ4v) is 2.67. The van der Waals surface area contributed by atoms with Crippen LogP contribution in [0.5, 0.6) is 0 Å². The molecule has 0 aliphatic carbocycles. The lowest BCUT2D eigenvalue weighted by molar-refractivity contribution is -0.288. The van der Waals surface area contributed by atoms with Gasteiger partial charge in [-0.25, -0.2) is 0 Å². The zero-order valence-corrected chi connectivity index (χ0v) is 12.4. The first-order valence-electron chi connectivity index (χ1n) is 6.83. The Labute approximate surface area is 138 Å². The van der Waals surface area contributed by atoms with Crippen molar-refractivity contribution >= 4 is 12.6 Å². The van der Waals surface area contributed by atoms with Gasteiger partial charge in [0.25, 0.3) is 0 Å². The summed E-state index contributed by atoms with van der Waals surface area (Å²) in [7, 11) is 0. The topological polar surface area (TPSA) is 34.1 Å². The van der Waals surface area contributed by atoms with Crippen LogP contribution in [0.15, 0.2) is 48.5 Å². The second kappa shape index (κ2) is 6.34. The van der Waals surface area contributed by atoms with Crippen LogP contribution in [-0.4, -0.2) is 24.9 Å². The number of hydrogen-bond acceptors (Lipinski definition) is 2. The minimum Gasteiger partial charge on any atom is -0.298 e. The predicted molar refractivity (Wildman–Crippen MR) is 76.5 cm³/mol. The Morgan fingerprint density at radius 2 is 1.00 bits per heavy atom. The van der Waals surface area contributed by atoms with Crippen molar-refractivity contribution < 1.29 is 35.9 Å². The molecule has 2 rings (SSSR count). The summed E-state index contributed by atoms with van der Waals surface area (Å²) < 4.78 is 82.9. The molecule has 0 spiro atoms. The Bertz CT molecular complexity index is 725. The van der Waals surface area contributed by atoms with Crippen molar-refractivity contribution in [2.75, 3.05) is 0 Å². The first kappa shape index (κ1) is 18.7. The summed E-state index contributed by atoms with van der Waals surface area (Å²) in [6, 6.07) is 6.46. The third kappa shape index (κ3) is 3.04. The molecule has 8 heteroatoms. The molecule has 0 N–H and O–H groups in total. The quantitative estimate of drug-likeness (QED) is 0.584. The minimum absolute atomic E-state index is 0.156. The van der Waals surface area contributed by atoms with E-state index in [9.17, 15) is 35.9 Å². The second-order valence-electron chi connectivity index (χ2n) is 5.23.